The minimum absolute atomic E-state index is 0.00574. The van der Waals surface area contributed by atoms with Crippen molar-refractivity contribution in [3.8, 4) is 5.75 Å². The van der Waals surface area contributed by atoms with Gasteiger partial charge in [0.1, 0.15) is 17.4 Å². The monoisotopic (exact) mass is 217 g/mol. The molecule has 0 aliphatic carbocycles. The molecule has 0 fully saturated rings. The molecule has 0 aliphatic heterocycles. The van der Waals surface area contributed by atoms with Gasteiger partial charge >= 0.3 is 0 Å². The fraction of sp³-hybridized carbons (Fsp3) is 0.400. The van der Waals surface area contributed by atoms with Crippen LogP contribution in [0, 0.1) is 11.6 Å². The molecule has 1 unspecified atom stereocenters. The number of ether oxygens (including phenoxy) is 1. The molecule has 0 saturated heterocycles. The minimum Gasteiger partial charge on any atom is -0.496 e. The fourth-order valence-electron chi connectivity index (χ4n) is 1.28. The molecular formula is C10H13F2NO2. The van der Waals surface area contributed by atoms with E-state index in [-0.39, 0.29) is 24.3 Å². The van der Waals surface area contributed by atoms with Gasteiger partial charge in [0.05, 0.1) is 13.2 Å². The van der Waals surface area contributed by atoms with Crippen LogP contribution in [0.25, 0.3) is 0 Å². The smallest absolute Gasteiger partial charge is 0.133 e. The predicted molar refractivity (Wildman–Crippen MR) is 51.7 cm³/mol. The Morgan fingerprint density at radius 2 is 2.13 bits per heavy atom. The first kappa shape index (κ1) is 11.9. The Kier molecular flexibility index (Phi) is 3.99. The van der Waals surface area contributed by atoms with Crippen LogP contribution in [-0.2, 0) is 6.42 Å². The van der Waals surface area contributed by atoms with E-state index >= 15 is 0 Å². The molecule has 0 aromatic heterocycles. The van der Waals surface area contributed by atoms with Gasteiger partial charge in [-0.05, 0) is 0 Å². The number of benzene rings is 1. The van der Waals surface area contributed by atoms with Crippen molar-refractivity contribution in [3.63, 3.8) is 0 Å². The SMILES string of the molecule is COc1cc(F)cc(F)c1CC(O)CN. The van der Waals surface area contributed by atoms with Gasteiger partial charge in [-0.1, -0.05) is 0 Å². The molecular weight excluding hydrogens is 204 g/mol. The number of rotatable bonds is 4. The summed E-state index contributed by atoms with van der Waals surface area (Å²) in [6.07, 6.45) is -0.856. The summed E-state index contributed by atoms with van der Waals surface area (Å²) < 4.78 is 31.0. The van der Waals surface area contributed by atoms with Crippen LogP contribution < -0.4 is 10.5 Å². The van der Waals surface area contributed by atoms with Gasteiger partial charge in [-0.25, -0.2) is 8.78 Å². The number of aliphatic hydroxyl groups excluding tert-OH is 1. The molecule has 1 aromatic rings. The Balaban J connectivity index is 3.04. The zero-order valence-electron chi connectivity index (χ0n) is 8.34. The van der Waals surface area contributed by atoms with E-state index in [1.165, 1.54) is 7.11 Å². The van der Waals surface area contributed by atoms with E-state index < -0.39 is 17.7 Å². The number of hydrogen-bond donors (Lipinski definition) is 2. The highest BCUT2D eigenvalue weighted by Gasteiger charge is 2.15. The third-order valence-corrected chi connectivity index (χ3v) is 2.05. The van der Waals surface area contributed by atoms with Crippen molar-refractivity contribution < 1.29 is 18.6 Å². The number of aliphatic hydroxyl groups is 1. The van der Waals surface area contributed by atoms with Gasteiger partial charge in [0.25, 0.3) is 0 Å². The topological polar surface area (TPSA) is 55.5 Å². The molecule has 1 aromatic carbocycles. The van der Waals surface area contributed by atoms with Crippen LogP contribution >= 0.6 is 0 Å². The third kappa shape index (κ3) is 2.87. The zero-order chi connectivity index (χ0) is 11.4. The number of nitrogens with two attached hydrogens (primary N) is 1. The van der Waals surface area contributed by atoms with E-state index in [0.717, 1.165) is 12.1 Å². The zero-order valence-corrected chi connectivity index (χ0v) is 8.34. The lowest BCUT2D eigenvalue weighted by atomic mass is 10.1. The van der Waals surface area contributed by atoms with Crippen molar-refractivity contribution >= 4 is 0 Å². The summed E-state index contributed by atoms with van der Waals surface area (Å²) in [6.45, 7) is 0.0139. The lowest BCUT2D eigenvalue weighted by molar-refractivity contribution is 0.180. The van der Waals surface area contributed by atoms with Gasteiger partial charge in [-0.2, -0.15) is 0 Å². The second-order valence-electron chi connectivity index (χ2n) is 3.16. The summed E-state index contributed by atoms with van der Waals surface area (Å²) in [7, 11) is 1.31. The lowest BCUT2D eigenvalue weighted by Crippen LogP contribution is -2.22. The van der Waals surface area contributed by atoms with E-state index in [9.17, 15) is 13.9 Å². The average molecular weight is 217 g/mol. The largest absolute Gasteiger partial charge is 0.496 e. The Morgan fingerprint density at radius 1 is 1.47 bits per heavy atom. The summed E-state index contributed by atoms with van der Waals surface area (Å²) in [5.41, 5.74) is 5.34. The van der Waals surface area contributed by atoms with Gasteiger partial charge in [-0.15, -0.1) is 0 Å². The molecule has 0 spiro atoms. The summed E-state index contributed by atoms with van der Waals surface area (Å²) in [6, 6.07) is 1.82. The highest BCUT2D eigenvalue weighted by atomic mass is 19.1. The van der Waals surface area contributed by atoms with Gasteiger partial charge in [0.2, 0.25) is 0 Å². The molecule has 0 amide bonds. The fourth-order valence-corrected chi connectivity index (χ4v) is 1.28. The van der Waals surface area contributed by atoms with Gasteiger partial charge in [0, 0.05) is 30.7 Å². The second-order valence-corrected chi connectivity index (χ2v) is 3.16. The third-order valence-electron chi connectivity index (χ3n) is 2.05. The standard InChI is InChI=1S/C10H13F2NO2/c1-15-10-3-6(11)2-9(12)8(10)4-7(14)5-13/h2-3,7,14H,4-5,13H2,1H3. The molecule has 5 heteroatoms. The molecule has 0 radical (unpaired) electrons. The summed E-state index contributed by atoms with van der Waals surface area (Å²) in [5, 5.41) is 9.28. The van der Waals surface area contributed by atoms with E-state index in [4.69, 9.17) is 10.5 Å². The van der Waals surface area contributed by atoms with Crippen LogP contribution in [-0.4, -0.2) is 24.9 Å². The van der Waals surface area contributed by atoms with Crippen LogP contribution in [0.4, 0.5) is 8.78 Å². The first-order chi connectivity index (χ1) is 7.08. The maximum atomic E-state index is 13.3. The quantitative estimate of drug-likeness (QED) is 0.785. The van der Waals surface area contributed by atoms with Crippen LogP contribution in [0.15, 0.2) is 12.1 Å². The maximum absolute atomic E-state index is 13.3. The second kappa shape index (κ2) is 5.04. The Bertz CT molecular complexity index is 344. The van der Waals surface area contributed by atoms with Gasteiger partial charge < -0.3 is 15.6 Å². The number of halogens is 2. The van der Waals surface area contributed by atoms with Gasteiger partial charge in [0.15, 0.2) is 0 Å². The van der Waals surface area contributed by atoms with E-state index in [1.807, 2.05) is 0 Å². The normalized spacial score (nSPS) is 12.6. The van der Waals surface area contributed by atoms with Crippen LogP contribution in [0.2, 0.25) is 0 Å². The first-order valence-corrected chi connectivity index (χ1v) is 4.48. The Labute approximate surface area is 86.5 Å². The van der Waals surface area contributed by atoms with E-state index in [0.29, 0.717) is 0 Å². The Hall–Kier alpha value is -1.20. The molecule has 0 aliphatic rings. The molecule has 1 rings (SSSR count). The van der Waals surface area contributed by atoms with Crippen LogP contribution in [0.3, 0.4) is 0 Å². The van der Waals surface area contributed by atoms with Crippen molar-refractivity contribution in [3.05, 3.63) is 29.3 Å². The number of hydrogen-bond acceptors (Lipinski definition) is 3. The maximum Gasteiger partial charge on any atom is 0.133 e. The molecule has 84 valence electrons. The van der Waals surface area contributed by atoms with Crippen molar-refractivity contribution in [2.75, 3.05) is 13.7 Å². The van der Waals surface area contributed by atoms with Crippen LogP contribution in [0.5, 0.6) is 5.75 Å². The van der Waals surface area contributed by atoms with Crippen molar-refractivity contribution in [2.45, 2.75) is 12.5 Å². The molecule has 0 heterocycles. The molecule has 0 bridgehead atoms. The van der Waals surface area contributed by atoms with E-state index in [1.54, 1.807) is 0 Å². The Morgan fingerprint density at radius 3 is 2.67 bits per heavy atom. The molecule has 1 atom stereocenters. The minimum atomic E-state index is -0.862. The summed E-state index contributed by atoms with van der Waals surface area (Å²) in [4.78, 5) is 0. The lowest BCUT2D eigenvalue weighted by Gasteiger charge is -2.12. The van der Waals surface area contributed by atoms with Crippen molar-refractivity contribution in [1.29, 1.82) is 0 Å². The number of methoxy groups -OCH3 is 1. The van der Waals surface area contributed by atoms with Crippen molar-refractivity contribution in [2.24, 2.45) is 5.73 Å². The highest BCUT2D eigenvalue weighted by molar-refractivity contribution is 5.35. The van der Waals surface area contributed by atoms with Gasteiger partial charge in [-0.3, -0.25) is 0 Å². The van der Waals surface area contributed by atoms with Crippen LogP contribution in [0.1, 0.15) is 5.56 Å². The molecule has 3 N–H and O–H groups in total. The average Bonchev–Trinajstić information content (AvgIpc) is 2.21. The first-order valence-electron chi connectivity index (χ1n) is 4.48. The summed E-state index contributed by atoms with van der Waals surface area (Å²) in [5.74, 6) is -1.37. The highest BCUT2D eigenvalue weighted by Crippen LogP contribution is 2.24. The van der Waals surface area contributed by atoms with Crippen molar-refractivity contribution in [1.82, 2.24) is 0 Å². The predicted octanol–water partition coefficient (Wildman–Crippen LogP) is 0.836. The summed E-state index contributed by atoms with van der Waals surface area (Å²) >= 11 is 0. The molecule has 0 saturated carbocycles. The molecule has 3 nitrogen and oxygen atoms in total. The molecule has 15 heavy (non-hydrogen) atoms. The van der Waals surface area contributed by atoms with E-state index in [2.05, 4.69) is 0 Å².